The molecule has 0 heterocycles. The summed E-state index contributed by atoms with van der Waals surface area (Å²) < 4.78 is 1.04. The molecule has 10 rings (SSSR count). The predicted molar refractivity (Wildman–Crippen MR) is 378 cm³/mol. The van der Waals surface area contributed by atoms with E-state index in [-0.39, 0.29) is 43.3 Å². The van der Waals surface area contributed by atoms with Crippen molar-refractivity contribution in [1.82, 2.24) is 0 Å². The van der Waals surface area contributed by atoms with Crippen molar-refractivity contribution in [3.8, 4) is 22.3 Å². The minimum absolute atomic E-state index is 0.0315. The van der Waals surface area contributed by atoms with Crippen LogP contribution in [0, 0.1) is 0 Å². The van der Waals surface area contributed by atoms with Crippen LogP contribution >= 0.6 is 39.1 Å². The zero-order chi connectivity index (χ0) is 62.5. The van der Waals surface area contributed by atoms with E-state index in [1.807, 2.05) is 12.1 Å². The average Bonchev–Trinajstić information content (AvgIpc) is 1.05. The standard InChI is InChI=1S/C40H48ClN.C30H37N.C10H12BrCl/c1-37(2,3)28-16-19-36(33(24-28)27-14-12-11-13-15-27)42(32-23-29(38(4,5)6)22-30(41)25-32)31-17-18-34-35(26-31)40(9,10)21-20-39(34,7)8;1-28(2,3)22-13-16-27(24(19-22)21-11-9-8-10-12-21)31-23-14-15-25-26(20-23)30(6,7)18-17-29(25,4)5;1-10(2,3)7-4-8(11)6-9(12)5-7/h11-19,22-26H,20-21H2,1-10H3;8-16,19-20,31H,17-18H2,1-7H3;4-6H,1-3H3. The lowest BCUT2D eigenvalue weighted by molar-refractivity contribution is 0.332. The number of hydrogen-bond donors (Lipinski definition) is 1. The summed E-state index contributed by atoms with van der Waals surface area (Å²) in [5, 5.41) is 5.31. The Labute approximate surface area is 532 Å². The van der Waals surface area contributed by atoms with E-state index in [0.29, 0.717) is 0 Å². The van der Waals surface area contributed by atoms with E-state index in [1.54, 1.807) is 0 Å². The minimum Gasteiger partial charge on any atom is -0.355 e. The van der Waals surface area contributed by atoms with Gasteiger partial charge in [0.1, 0.15) is 0 Å². The van der Waals surface area contributed by atoms with Gasteiger partial charge >= 0.3 is 0 Å². The molecule has 8 aromatic rings. The van der Waals surface area contributed by atoms with E-state index in [9.17, 15) is 0 Å². The van der Waals surface area contributed by atoms with Crippen LogP contribution in [-0.4, -0.2) is 0 Å². The third-order valence-electron chi connectivity index (χ3n) is 18.1. The molecule has 0 saturated carbocycles. The van der Waals surface area contributed by atoms with E-state index >= 15 is 0 Å². The van der Waals surface area contributed by atoms with E-state index < -0.39 is 0 Å². The Morgan fingerprint density at radius 3 is 1.29 bits per heavy atom. The molecule has 0 radical (unpaired) electrons. The smallest absolute Gasteiger partial charge is 0.0540 e. The molecule has 5 heteroatoms. The average molecular weight is 1240 g/mol. The largest absolute Gasteiger partial charge is 0.355 e. The van der Waals surface area contributed by atoms with Gasteiger partial charge < -0.3 is 10.2 Å². The molecule has 448 valence electrons. The maximum atomic E-state index is 6.89. The number of anilines is 5. The van der Waals surface area contributed by atoms with Crippen LogP contribution in [0.3, 0.4) is 0 Å². The topological polar surface area (TPSA) is 15.3 Å². The number of nitrogens with one attached hydrogen (secondary N) is 1. The molecule has 85 heavy (non-hydrogen) atoms. The van der Waals surface area contributed by atoms with Gasteiger partial charge in [-0.1, -0.05) is 263 Å². The van der Waals surface area contributed by atoms with Crippen molar-refractivity contribution < 1.29 is 0 Å². The van der Waals surface area contributed by atoms with Crippen LogP contribution in [0.15, 0.2) is 174 Å². The highest BCUT2D eigenvalue weighted by atomic mass is 79.9. The number of halogens is 3. The minimum atomic E-state index is -0.0362. The Morgan fingerprint density at radius 2 is 0.800 bits per heavy atom. The first-order chi connectivity index (χ1) is 39.3. The number of rotatable bonds is 7. The molecule has 0 aliphatic heterocycles. The van der Waals surface area contributed by atoms with Crippen molar-refractivity contribution in [3.63, 3.8) is 0 Å². The predicted octanol–water partition coefficient (Wildman–Crippen LogP) is 25.6. The maximum Gasteiger partial charge on any atom is 0.0540 e. The summed E-state index contributed by atoms with van der Waals surface area (Å²) >= 11 is 16.2. The van der Waals surface area contributed by atoms with E-state index in [1.165, 1.54) is 104 Å². The van der Waals surface area contributed by atoms with Gasteiger partial charge in [0, 0.05) is 48.4 Å². The summed E-state index contributed by atoms with van der Waals surface area (Å²) in [4.78, 5) is 2.44. The van der Waals surface area contributed by atoms with Crippen LogP contribution in [0.2, 0.25) is 10.0 Å². The first-order valence-corrected chi connectivity index (χ1v) is 32.4. The molecular formula is C80H97BrCl2N2. The number of benzene rings is 8. The monoisotopic (exact) mass is 1230 g/mol. The third kappa shape index (κ3) is 15.4. The van der Waals surface area contributed by atoms with Crippen molar-refractivity contribution in [1.29, 1.82) is 0 Å². The molecule has 8 aromatic carbocycles. The molecule has 2 aliphatic rings. The van der Waals surface area contributed by atoms with Gasteiger partial charge in [-0.15, -0.1) is 0 Å². The number of hydrogen-bond acceptors (Lipinski definition) is 2. The third-order valence-corrected chi connectivity index (χ3v) is 19.0. The molecule has 0 bridgehead atoms. The van der Waals surface area contributed by atoms with Crippen LogP contribution in [0.4, 0.5) is 28.4 Å². The molecule has 0 amide bonds. The van der Waals surface area contributed by atoms with Crippen molar-refractivity contribution in [2.45, 2.75) is 207 Å². The summed E-state index contributed by atoms with van der Waals surface area (Å²) in [6, 6.07) is 62.1. The molecule has 0 atom stereocenters. The summed E-state index contributed by atoms with van der Waals surface area (Å²) in [5.74, 6) is 0. The summed E-state index contributed by atoms with van der Waals surface area (Å²) in [6.07, 6.45) is 4.85. The molecule has 0 spiro atoms. The normalized spacial score (nSPS) is 15.9. The van der Waals surface area contributed by atoms with Gasteiger partial charge in [-0.25, -0.2) is 0 Å². The van der Waals surface area contributed by atoms with Crippen LogP contribution in [0.25, 0.3) is 22.3 Å². The van der Waals surface area contributed by atoms with Gasteiger partial charge in [0.05, 0.1) is 5.69 Å². The van der Waals surface area contributed by atoms with Gasteiger partial charge in [0.2, 0.25) is 0 Å². The molecule has 2 aliphatic carbocycles. The summed E-state index contributed by atoms with van der Waals surface area (Å²) in [5.41, 5.74) is 22.7. The lowest BCUT2D eigenvalue weighted by Crippen LogP contribution is -2.34. The van der Waals surface area contributed by atoms with Gasteiger partial charge in [-0.05, 0) is 210 Å². The second-order valence-electron chi connectivity index (χ2n) is 31.1. The second-order valence-corrected chi connectivity index (χ2v) is 32.9. The molecule has 0 saturated heterocycles. The SMILES string of the molecule is CC(C)(C)c1cc(Cl)cc(Br)c1.CC(C)(C)c1cc(Cl)cc(N(c2ccc3c(c2)C(C)(C)CCC3(C)C)c2ccc(C(C)(C)C)cc2-c2ccccc2)c1.CC(C)(C)c1ccc(Nc2ccc3c(c2)C(C)(C)CCC3(C)C)c(-c2ccccc2)c1. The van der Waals surface area contributed by atoms with E-state index in [4.69, 9.17) is 23.2 Å². The maximum absolute atomic E-state index is 6.89. The van der Waals surface area contributed by atoms with Crippen LogP contribution in [-0.2, 0) is 43.3 Å². The highest BCUT2D eigenvalue weighted by Crippen LogP contribution is 2.51. The summed E-state index contributed by atoms with van der Waals surface area (Å²) in [7, 11) is 0. The fourth-order valence-corrected chi connectivity index (χ4v) is 13.2. The highest BCUT2D eigenvalue weighted by Gasteiger charge is 2.39. The van der Waals surface area contributed by atoms with Gasteiger partial charge in [0.25, 0.3) is 0 Å². The quantitative estimate of drug-likeness (QED) is 0.171. The molecular weight excluding hydrogens is 1140 g/mol. The Balaban J connectivity index is 0.000000191. The fraction of sp³-hybridized carbons (Fsp3) is 0.400. The van der Waals surface area contributed by atoms with Gasteiger partial charge in [-0.3, -0.25) is 0 Å². The Kier molecular flexibility index (Phi) is 18.9. The van der Waals surface area contributed by atoms with Crippen molar-refractivity contribution in [2.75, 3.05) is 10.2 Å². The zero-order valence-electron chi connectivity index (χ0n) is 55.1. The van der Waals surface area contributed by atoms with Crippen molar-refractivity contribution >= 4 is 67.6 Å². The van der Waals surface area contributed by atoms with E-state index in [2.05, 4.69) is 322 Å². The van der Waals surface area contributed by atoms with Crippen molar-refractivity contribution in [3.05, 3.63) is 229 Å². The lowest BCUT2D eigenvalue weighted by Gasteiger charge is -2.42. The first kappa shape index (κ1) is 65.4. The summed E-state index contributed by atoms with van der Waals surface area (Å²) in [6.45, 7) is 46.1. The zero-order valence-corrected chi connectivity index (χ0v) is 58.2. The molecule has 0 aromatic heterocycles. The van der Waals surface area contributed by atoms with Gasteiger partial charge in [0.15, 0.2) is 0 Å². The van der Waals surface area contributed by atoms with Crippen LogP contribution in [0.5, 0.6) is 0 Å². The van der Waals surface area contributed by atoms with Crippen LogP contribution in [0.1, 0.15) is 209 Å². The Morgan fingerprint density at radius 1 is 0.376 bits per heavy atom. The lowest BCUT2D eigenvalue weighted by atomic mass is 9.63. The second kappa shape index (κ2) is 24.5. The van der Waals surface area contributed by atoms with Gasteiger partial charge in [-0.2, -0.15) is 0 Å². The Bertz CT molecular complexity index is 3630. The molecule has 1 N–H and O–H groups in total. The van der Waals surface area contributed by atoms with Crippen molar-refractivity contribution in [2.24, 2.45) is 0 Å². The van der Waals surface area contributed by atoms with Crippen LogP contribution < -0.4 is 10.2 Å². The molecule has 0 fully saturated rings. The first-order valence-electron chi connectivity index (χ1n) is 30.9. The molecule has 2 nitrogen and oxygen atoms in total. The Hall–Kier alpha value is -5.58. The molecule has 0 unspecified atom stereocenters. The number of nitrogens with zero attached hydrogens (tertiary/aromatic N) is 1. The van der Waals surface area contributed by atoms with E-state index in [0.717, 1.165) is 31.6 Å². The fourth-order valence-electron chi connectivity index (χ4n) is 12.1. The highest BCUT2D eigenvalue weighted by molar-refractivity contribution is 9.10. The number of fused-ring (bicyclic) bond motifs is 2.